The average Bonchev–Trinajstić information content (AvgIpc) is 3.03. The van der Waals surface area contributed by atoms with Crippen LogP contribution < -0.4 is 4.90 Å². The Bertz CT molecular complexity index is 1060. The molecule has 0 saturated carbocycles. The molecule has 1 aliphatic rings. The molecule has 0 aliphatic carbocycles. The standard InChI is InChI=1S/C20H20BrClN2O6S/c1-29-19(30-2)12-23(31(27,28)16-9-3-13(21)4-10-16)17-11-18(25)24(20(17)26)15-7-5-14(22)6-8-15/h3-10,17,19H,11-12H2,1-2H3. The van der Waals surface area contributed by atoms with Crippen LogP contribution in [-0.4, -0.2) is 57.6 Å². The normalized spacial score (nSPS) is 17.2. The molecule has 2 amide bonds. The number of ether oxygens (including phenoxy) is 2. The minimum atomic E-state index is -4.15. The second kappa shape index (κ2) is 9.76. The van der Waals surface area contributed by atoms with Crippen molar-refractivity contribution in [2.45, 2.75) is 23.6 Å². The highest BCUT2D eigenvalue weighted by molar-refractivity contribution is 9.10. The van der Waals surface area contributed by atoms with Crippen LogP contribution in [0.25, 0.3) is 0 Å². The summed E-state index contributed by atoms with van der Waals surface area (Å²) in [5.74, 6) is -1.17. The van der Waals surface area contributed by atoms with E-state index in [2.05, 4.69) is 15.9 Å². The van der Waals surface area contributed by atoms with Crippen molar-refractivity contribution in [2.75, 3.05) is 25.7 Å². The third-order valence-corrected chi connectivity index (χ3v) is 7.50. The van der Waals surface area contributed by atoms with Crippen LogP contribution in [0, 0.1) is 0 Å². The van der Waals surface area contributed by atoms with Crippen LogP contribution in [0.2, 0.25) is 5.02 Å². The highest BCUT2D eigenvalue weighted by Crippen LogP contribution is 2.30. The Morgan fingerprint density at radius 3 is 2.23 bits per heavy atom. The third-order valence-electron chi connectivity index (χ3n) is 4.83. The summed E-state index contributed by atoms with van der Waals surface area (Å²) in [6.45, 7) is -0.274. The number of carbonyl (C=O) groups excluding carboxylic acids is 2. The molecular formula is C20H20BrClN2O6S. The van der Waals surface area contributed by atoms with E-state index in [1.807, 2.05) is 0 Å². The Morgan fingerprint density at radius 1 is 1.10 bits per heavy atom. The predicted octanol–water partition coefficient (Wildman–Crippen LogP) is 3.04. The molecule has 8 nitrogen and oxygen atoms in total. The molecule has 11 heteroatoms. The van der Waals surface area contributed by atoms with Crippen LogP contribution in [0.5, 0.6) is 0 Å². The summed E-state index contributed by atoms with van der Waals surface area (Å²) in [4.78, 5) is 26.9. The van der Waals surface area contributed by atoms with Gasteiger partial charge in [0.05, 0.1) is 23.5 Å². The summed E-state index contributed by atoms with van der Waals surface area (Å²) in [5.41, 5.74) is 0.318. The average molecular weight is 532 g/mol. The molecule has 1 atom stereocenters. The molecule has 0 bridgehead atoms. The quantitative estimate of drug-likeness (QED) is 0.384. The number of amides is 2. The van der Waals surface area contributed by atoms with Crippen LogP contribution in [0.15, 0.2) is 57.9 Å². The highest BCUT2D eigenvalue weighted by atomic mass is 79.9. The number of hydrogen-bond acceptors (Lipinski definition) is 6. The summed E-state index contributed by atoms with van der Waals surface area (Å²) in [6, 6.07) is 10.9. The summed E-state index contributed by atoms with van der Waals surface area (Å²) < 4.78 is 38.9. The van der Waals surface area contributed by atoms with E-state index in [0.717, 1.165) is 9.21 Å². The molecule has 3 rings (SSSR count). The number of carbonyl (C=O) groups is 2. The molecule has 1 unspecified atom stereocenters. The molecule has 0 N–H and O–H groups in total. The molecule has 31 heavy (non-hydrogen) atoms. The minimum Gasteiger partial charge on any atom is -0.354 e. The lowest BCUT2D eigenvalue weighted by Crippen LogP contribution is -2.49. The lowest BCUT2D eigenvalue weighted by atomic mass is 10.2. The first-order valence-electron chi connectivity index (χ1n) is 9.14. The molecule has 1 heterocycles. The summed E-state index contributed by atoms with van der Waals surface area (Å²) >= 11 is 9.16. The van der Waals surface area contributed by atoms with E-state index in [4.69, 9.17) is 21.1 Å². The molecule has 0 spiro atoms. The Hall–Kier alpha value is -1.82. The number of nitrogens with zero attached hydrogens (tertiary/aromatic N) is 2. The Kier molecular flexibility index (Phi) is 7.51. The van der Waals surface area contributed by atoms with Gasteiger partial charge in [-0.15, -0.1) is 0 Å². The van der Waals surface area contributed by atoms with Gasteiger partial charge in [-0.3, -0.25) is 9.59 Å². The third kappa shape index (κ3) is 5.00. The fourth-order valence-electron chi connectivity index (χ4n) is 3.23. The van der Waals surface area contributed by atoms with E-state index in [-0.39, 0.29) is 17.9 Å². The summed E-state index contributed by atoms with van der Waals surface area (Å²) in [7, 11) is -1.43. The topological polar surface area (TPSA) is 93.2 Å². The van der Waals surface area contributed by atoms with Crippen molar-refractivity contribution in [1.29, 1.82) is 0 Å². The Labute approximate surface area is 193 Å². The number of imide groups is 1. The maximum absolute atomic E-state index is 13.4. The van der Waals surface area contributed by atoms with Gasteiger partial charge in [-0.2, -0.15) is 4.31 Å². The van der Waals surface area contributed by atoms with Gasteiger partial charge in [0.15, 0.2) is 6.29 Å². The van der Waals surface area contributed by atoms with Crippen molar-refractivity contribution < 1.29 is 27.5 Å². The van der Waals surface area contributed by atoms with Crippen LogP contribution in [0.3, 0.4) is 0 Å². The predicted molar refractivity (Wildman–Crippen MR) is 118 cm³/mol. The molecular weight excluding hydrogens is 512 g/mol. The van der Waals surface area contributed by atoms with Crippen LogP contribution in [-0.2, 0) is 29.1 Å². The fraction of sp³-hybridized carbons (Fsp3) is 0.300. The Balaban J connectivity index is 2.01. The maximum Gasteiger partial charge on any atom is 0.252 e. The number of halogens is 2. The largest absolute Gasteiger partial charge is 0.354 e. The molecule has 2 aromatic carbocycles. The molecule has 1 fully saturated rings. The van der Waals surface area contributed by atoms with E-state index in [9.17, 15) is 18.0 Å². The molecule has 2 aromatic rings. The van der Waals surface area contributed by atoms with Gasteiger partial charge in [0.25, 0.3) is 5.91 Å². The second-order valence-electron chi connectivity index (χ2n) is 6.69. The number of anilines is 1. The van der Waals surface area contributed by atoms with Crippen LogP contribution >= 0.6 is 27.5 Å². The number of methoxy groups -OCH3 is 2. The molecule has 1 aliphatic heterocycles. The van der Waals surface area contributed by atoms with Crippen molar-refractivity contribution in [3.63, 3.8) is 0 Å². The lowest BCUT2D eigenvalue weighted by molar-refractivity contribution is -0.125. The molecule has 0 aromatic heterocycles. The van der Waals surface area contributed by atoms with Crippen LogP contribution in [0.1, 0.15) is 6.42 Å². The van der Waals surface area contributed by atoms with Crippen molar-refractivity contribution in [1.82, 2.24) is 4.31 Å². The fourth-order valence-corrected chi connectivity index (χ4v) is 5.19. The smallest absolute Gasteiger partial charge is 0.252 e. The monoisotopic (exact) mass is 530 g/mol. The second-order valence-corrected chi connectivity index (χ2v) is 9.94. The van der Waals surface area contributed by atoms with Gasteiger partial charge < -0.3 is 9.47 Å². The van der Waals surface area contributed by atoms with Crippen molar-refractivity contribution in [3.05, 3.63) is 58.0 Å². The van der Waals surface area contributed by atoms with Gasteiger partial charge in [-0.05, 0) is 48.5 Å². The first-order chi connectivity index (χ1) is 14.7. The van der Waals surface area contributed by atoms with Gasteiger partial charge in [0, 0.05) is 23.7 Å². The SMILES string of the molecule is COC(CN(C1CC(=O)N(c2ccc(Cl)cc2)C1=O)S(=O)(=O)c1ccc(Br)cc1)OC. The number of hydrogen-bond donors (Lipinski definition) is 0. The van der Waals surface area contributed by atoms with Gasteiger partial charge in [-0.25, -0.2) is 13.3 Å². The molecule has 0 radical (unpaired) electrons. The van der Waals surface area contributed by atoms with Crippen molar-refractivity contribution >= 4 is 55.1 Å². The number of benzene rings is 2. The van der Waals surface area contributed by atoms with Gasteiger partial charge in [0.2, 0.25) is 15.9 Å². The molecule has 1 saturated heterocycles. The van der Waals surface area contributed by atoms with E-state index in [0.29, 0.717) is 15.2 Å². The number of rotatable bonds is 8. The van der Waals surface area contributed by atoms with Crippen LogP contribution in [0.4, 0.5) is 5.69 Å². The number of sulfonamides is 1. The zero-order chi connectivity index (χ0) is 22.8. The zero-order valence-corrected chi connectivity index (χ0v) is 19.9. The van der Waals surface area contributed by atoms with Gasteiger partial charge in [-0.1, -0.05) is 27.5 Å². The highest BCUT2D eigenvalue weighted by Gasteiger charge is 2.47. The van der Waals surface area contributed by atoms with Gasteiger partial charge >= 0.3 is 0 Å². The Morgan fingerprint density at radius 2 is 1.68 bits per heavy atom. The maximum atomic E-state index is 13.4. The van der Waals surface area contributed by atoms with E-state index < -0.39 is 34.2 Å². The zero-order valence-electron chi connectivity index (χ0n) is 16.7. The van der Waals surface area contributed by atoms with E-state index >= 15 is 0 Å². The first-order valence-corrected chi connectivity index (χ1v) is 11.8. The van der Waals surface area contributed by atoms with Crippen molar-refractivity contribution in [3.8, 4) is 0 Å². The minimum absolute atomic E-state index is 0.0214. The summed E-state index contributed by atoms with van der Waals surface area (Å²) in [6.07, 6.45) is -1.24. The summed E-state index contributed by atoms with van der Waals surface area (Å²) in [5, 5.41) is 0.446. The lowest BCUT2D eigenvalue weighted by Gasteiger charge is -2.29. The molecule has 166 valence electrons. The van der Waals surface area contributed by atoms with E-state index in [1.54, 1.807) is 24.3 Å². The van der Waals surface area contributed by atoms with Crippen molar-refractivity contribution in [2.24, 2.45) is 0 Å². The first kappa shape index (κ1) is 23.8. The van der Waals surface area contributed by atoms with Gasteiger partial charge in [0.1, 0.15) is 6.04 Å². The van der Waals surface area contributed by atoms with E-state index in [1.165, 1.54) is 38.5 Å².